The largest absolute Gasteiger partial charge is 0.286 e. The molecule has 1 aromatic rings. The van der Waals surface area contributed by atoms with Crippen molar-refractivity contribution in [3.05, 3.63) is 35.9 Å². The molecule has 0 amide bonds. The molecule has 0 aliphatic rings. The number of hydrogen-bond donors (Lipinski definition) is 0. The fraction of sp³-hybridized carbons (Fsp3) is 0.538. The van der Waals surface area contributed by atoms with Crippen molar-refractivity contribution >= 4 is 18.2 Å². The lowest BCUT2D eigenvalue weighted by Crippen LogP contribution is -2.42. The summed E-state index contributed by atoms with van der Waals surface area (Å²) >= 11 is 0. The summed E-state index contributed by atoms with van der Waals surface area (Å²) in [7, 11) is -3.63. The Hall–Kier alpha value is -0.693. The highest BCUT2D eigenvalue weighted by Crippen LogP contribution is 2.11. The highest BCUT2D eigenvalue weighted by Gasteiger charge is 2.23. The van der Waals surface area contributed by atoms with Gasteiger partial charge in [-0.25, -0.2) is 0 Å². The molecule has 0 fully saturated rings. The van der Waals surface area contributed by atoms with E-state index in [1.165, 1.54) is 7.11 Å². The molecule has 0 unspecified atom stereocenters. The molecule has 0 saturated heterocycles. The van der Waals surface area contributed by atoms with Crippen molar-refractivity contribution in [2.24, 2.45) is 0 Å². The Balaban J connectivity index is 2.81. The maximum absolute atomic E-state index is 11.6. The van der Waals surface area contributed by atoms with Crippen LogP contribution in [0, 0.1) is 0 Å². The van der Waals surface area contributed by atoms with Crippen molar-refractivity contribution in [2.75, 3.05) is 19.2 Å². The molecule has 19 heavy (non-hydrogen) atoms. The summed E-state index contributed by atoms with van der Waals surface area (Å²) < 4.78 is 27.8. The van der Waals surface area contributed by atoms with Crippen molar-refractivity contribution in [1.29, 1.82) is 0 Å². The molecule has 6 heteroatoms. The minimum absolute atomic E-state index is 0.0529. The Morgan fingerprint density at radius 2 is 1.74 bits per heavy atom. The van der Waals surface area contributed by atoms with Gasteiger partial charge in [-0.15, -0.1) is 0 Å². The standard InChI is InChI=1S/C13H23NO3SSi/c1-17-18(15,16)11-14(12-19(2,3)4)10-13-8-6-5-7-9-13/h5-9H,10-12H2,1-4H3. The zero-order valence-electron chi connectivity index (χ0n) is 12.1. The topological polar surface area (TPSA) is 46.6 Å². The molecule has 0 spiro atoms. The van der Waals surface area contributed by atoms with Crippen LogP contribution in [0.15, 0.2) is 30.3 Å². The molecule has 0 heterocycles. The van der Waals surface area contributed by atoms with E-state index in [0.717, 1.165) is 11.7 Å². The summed E-state index contributed by atoms with van der Waals surface area (Å²) in [4.78, 5) is 1.96. The molecule has 0 atom stereocenters. The maximum atomic E-state index is 11.6. The maximum Gasteiger partial charge on any atom is 0.280 e. The van der Waals surface area contributed by atoms with Crippen molar-refractivity contribution in [1.82, 2.24) is 4.90 Å². The third-order valence-electron chi connectivity index (χ3n) is 2.54. The first-order valence-electron chi connectivity index (χ1n) is 6.26. The van der Waals surface area contributed by atoms with Gasteiger partial charge in [0.2, 0.25) is 0 Å². The Morgan fingerprint density at radius 1 is 1.16 bits per heavy atom. The first-order valence-corrected chi connectivity index (χ1v) is 11.5. The van der Waals surface area contributed by atoms with Gasteiger partial charge in [-0.2, -0.15) is 8.42 Å². The van der Waals surface area contributed by atoms with E-state index < -0.39 is 18.2 Å². The van der Waals surface area contributed by atoms with E-state index in [-0.39, 0.29) is 5.88 Å². The molecular weight excluding hydrogens is 278 g/mol. The van der Waals surface area contributed by atoms with E-state index in [2.05, 4.69) is 23.8 Å². The highest BCUT2D eigenvalue weighted by molar-refractivity contribution is 7.86. The predicted octanol–water partition coefficient (Wildman–Crippen LogP) is 2.30. The summed E-state index contributed by atoms with van der Waals surface area (Å²) in [6.07, 6.45) is 0.824. The quantitative estimate of drug-likeness (QED) is 0.573. The van der Waals surface area contributed by atoms with E-state index in [0.29, 0.717) is 6.54 Å². The van der Waals surface area contributed by atoms with Gasteiger partial charge >= 0.3 is 0 Å². The van der Waals surface area contributed by atoms with Crippen molar-refractivity contribution in [3.63, 3.8) is 0 Å². The van der Waals surface area contributed by atoms with Gasteiger partial charge in [0.15, 0.2) is 0 Å². The first kappa shape index (κ1) is 16.4. The van der Waals surface area contributed by atoms with Crippen LogP contribution in [0.5, 0.6) is 0 Å². The van der Waals surface area contributed by atoms with E-state index >= 15 is 0 Å². The van der Waals surface area contributed by atoms with Gasteiger partial charge in [-0.05, 0) is 11.7 Å². The second-order valence-corrected chi connectivity index (χ2v) is 13.0. The van der Waals surface area contributed by atoms with Gasteiger partial charge in [0.1, 0.15) is 5.88 Å². The van der Waals surface area contributed by atoms with Gasteiger partial charge in [-0.3, -0.25) is 9.08 Å². The third kappa shape index (κ3) is 6.86. The Morgan fingerprint density at radius 3 is 2.21 bits per heavy atom. The summed E-state index contributed by atoms with van der Waals surface area (Å²) in [5.41, 5.74) is 1.12. The molecule has 4 nitrogen and oxygen atoms in total. The molecule has 0 aliphatic heterocycles. The van der Waals surface area contributed by atoms with E-state index in [9.17, 15) is 8.42 Å². The molecular formula is C13H23NO3SSi. The lowest BCUT2D eigenvalue weighted by Gasteiger charge is -2.28. The number of benzene rings is 1. The first-order chi connectivity index (χ1) is 8.72. The highest BCUT2D eigenvalue weighted by atomic mass is 32.2. The minimum Gasteiger partial charge on any atom is -0.286 e. The van der Waals surface area contributed by atoms with Crippen LogP contribution in [0.4, 0.5) is 0 Å². The van der Waals surface area contributed by atoms with Crippen molar-refractivity contribution in [2.45, 2.75) is 26.2 Å². The van der Waals surface area contributed by atoms with Crippen LogP contribution in [0.1, 0.15) is 5.56 Å². The van der Waals surface area contributed by atoms with Gasteiger partial charge < -0.3 is 0 Å². The molecule has 0 aromatic heterocycles. The molecule has 108 valence electrons. The molecule has 0 radical (unpaired) electrons. The van der Waals surface area contributed by atoms with E-state index in [4.69, 9.17) is 0 Å². The lowest BCUT2D eigenvalue weighted by molar-refractivity contribution is 0.319. The van der Waals surface area contributed by atoms with E-state index in [1.54, 1.807) is 0 Å². The number of hydrogen-bond acceptors (Lipinski definition) is 4. The monoisotopic (exact) mass is 301 g/mol. The SMILES string of the molecule is COS(=O)(=O)CN(Cc1ccccc1)C[Si](C)(C)C. The van der Waals surface area contributed by atoms with Crippen LogP contribution in [0.2, 0.25) is 19.6 Å². The summed E-state index contributed by atoms with van der Waals surface area (Å²) in [6.45, 7) is 7.31. The molecule has 0 aliphatic carbocycles. The summed E-state index contributed by atoms with van der Waals surface area (Å²) in [5, 5.41) is 0. The summed E-state index contributed by atoms with van der Waals surface area (Å²) in [5.74, 6) is -0.0529. The van der Waals surface area contributed by atoms with Crippen LogP contribution in [-0.4, -0.2) is 40.5 Å². The molecule has 1 aromatic carbocycles. The molecule has 0 bridgehead atoms. The van der Waals surface area contributed by atoms with Crippen molar-refractivity contribution < 1.29 is 12.6 Å². The fourth-order valence-electron chi connectivity index (χ4n) is 1.94. The zero-order valence-corrected chi connectivity index (χ0v) is 13.9. The van der Waals surface area contributed by atoms with Crippen LogP contribution in [0.3, 0.4) is 0 Å². The molecule has 1 rings (SSSR count). The van der Waals surface area contributed by atoms with Gasteiger partial charge in [0.05, 0.1) is 15.2 Å². The van der Waals surface area contributed by atoms with Gasteiger partial charge in [-0.1, -0.05) is 50.0 Å². The third-order valence-corrected chi connectivity index (χ3v) is 5.13. The molecule has 0 N–H and O–H groups in total. The van der Waals surface area contributed by atoms with Crippen LogP contribution < -0.4 is 0 Å². The number of nitrogens with zero attached hydrogens (tertiary/aromatic N) is 1. The summed E-state index contributed by atoms with van der Waals surface area (Å²) in [6, 6.07) is 9.91. The van der Waals surface area contributed by atoms with Crippen LogP contribution in [-0.2, 0) is 20.8 Å². The Labute approximate surface area is 117 Å². The fourth-order valence-corrected chi connectivity index (χ4v) is 4.40. The minimum atomic E-state index is -3.46. The molecule has 0 saturated carbocycles. The number of rotatable bonds is 7. The average molecular weight is 301 g/mol. The van der Waals surface area contributed by atoms with Crippen LogP contribution in [0.25, 0.3) is 0 Å². The lowest BCUT2D eigenvalue weighted by atomic mass is 10.2. The second kappa shape index (κ2) is 6.65. The zero-order chi connectivity index (χ0) is 14.5. The predicted molar refractivity (Wildman–Crippen MR) is 81.0 cm³/mol. The van der Waals surface area contributed by atoms with Crippen molar-refractivity contribution in [3.8, 4) is 0 Å². The Kier molecular flexibility index (Phi) is 5.73. The smallest absolute Gasteiger partial charge is 0.280 e. The average Bonchev–Trinajstić information content (AvgIpc) is 2.27. The normalized spacial score (nSPS) is 12.9. The second-order valence-electron chi connectivity index (χ2n) is 5.89. The van der Waals surface area contributed by atoms with Crippen LogP contribution >= 0.6 is 0 Å². The van der Waals surface area contributed by atoms with E-state index in [1.807, 2.05) is 35.2 Å². The Bertz CT molecular complexity index is 482. The van der Waals surface area contributed by atoms with Gasteiger partial charge in [0.25, 0.3) is 10.1 Å². The van der Waals surface area contributed by atoms with Gasteiger partial charge in [0, 0.05) is 6.54 Å².